The van der Waals surface area contributed by atoms with Crippen LogP contribution in [0.15, 0.2) is 6.20 Å². The number of amides is 1. The van der Waals surface area contributed by atoms with Crippen LogP contribution in [0.2, 0.25) is 0 Å². The van der Waals surface area contributed by atoms with Crippen molar-refractivity contribution in [2.75, 3.05) is 33.9 Å². The number of nitrogens with one attached hydrogen (secondary N) is 1. The maximum Gasteiger partial charge on any atom is 0.273 e. The van der Waals surface area contributed by atoms with Crippen molar-refractivity contribution in [3.05, 3.63) is 11.9 Å². The predicted molar refractivity (Wildman–Crippen MR) is 69.9 cm³/mol. The van der Waals surface area contributed by atoms with Gasteiger partial charge in [0.05, 0.1) is 19.3 Å². The van der Waals surface area contributed by atoms with Crippen LogP contribution < -0.4 is 5.32 Å². The SMILES string of the molecule is COCCNC(=O)c1cn(C[C@@H]2CCCN2C)nn1. The standard InChI is InChI=1S/C12H21N5O2/c1-16-6-3-4-10(16)8-17-9-11(14-15-17)12(18)13-5-7-19-2/h9-10H,3-8H2,1-2H3,(H,13,18)/t10-/m0/s1. The molecule has 2 rings (SSSR count). The average Bonchev–Trinajstić information content (AvgIpc) is 3.01. The van der Waals surface area contributed by atoms with Gasteiger partial charge in [0.2, 0.25) is 0 Å². The Morgan fingerprint density at radius 1 is 1.63 bits per heavy atom. The number of carbonyl (C=O) groups is 1. The Morgan fingerprint density at radius 3 is 3.16 bits per heavy atom. The van der Waals surface area contributed by atoms with Gasteiger partial charge in [0.15, 0.2) is 5.69 Å². The number of carbonyl (C=O) groups excluding carboxylic acids is 1. The molecule has 2 heterocycles. The Morgan fingerprint density at radius 2 is 2.47 bits per heavy atom. The molecule has 0 unspecified atom stereocenters. The van der Waals surface area contributed by atoms with Crippen LogP contribution in [0.1, 0.15) is 23.3 Å². The summed E-state index contributed by atoms with van der Waals surface area (Å²) in [5, 5.41) is 10.6. The first kappa shape index (κ1) is 14.0. The van der Waals surface area contributed by atoms with Crippen LogP contribution in [0, 0.1) is 0 Å². The van der Waals surface area contributed by atoms with E-state index in [9.17, 15) is 4.79 Å². The third-order valence-corrected chi connectivity index (χ3v) is 3.43. The zero-order valence-corrected chi connectivity index (χ0v) is 11.5. The number of likely N-dealkylation sites (N-methyl/N-ethyl adjacent to an activating group) is 1. The monoisotopic (exact) mass is 267 g/mol. The molecule has 1 fully saturated rings. The highest BCUT2D eigenvalue weighted by atomic mass is 16.5. The maximum atomic E-state index is 11.7. The fourth-order valence-corrected chi connectivity index (χ4v) is 2.27. The zero-order valence-electron chi connectivity index (χ0n) is 11.5. The second kappa shape index (κ2) is 6.63. The first-order valence-electron chi connectivity index (χ1n) is 6.58. The van der Waals surface area contributed by atoms with E-state index in [0.717, 1.165) is 13.1 Å². The van der Waals surface area contributed by atoms with Crippen LogP contribution in [0.4, 0.5) is 0 Å². The van der Waals surface area contributed by atoms with E-state index in [4.69, 9.17) is 4.74 Å². The quantitative estimate of drug-likeness (QED) is 0.720. The van der Waals surface area contributed by atoms with Crippen molar-refractivity contribution in [2.24, 2.45) is 0 Å². The minimum Gasteiger partial charge on any atom is -0.383 e. The fourth-order valence-electron chi connectivity index (χ4n) is 2.27. The summed E-state index contributed by atoms with van der Waals surface area (Å²) in [4.78, 5) is 14.1. The van der Waals surface area contributed by atoms with Crippen molar-refractivity contribution in [1.29, 1.82) is 0 Å². The van der Waals surface area contributed by atoms with E-state index in [1.165, 1.54) is 12.8 Å². The molecule has 1 N–H and O–H groups in total. The lowest BCUT2D eigenvalue weighted by Crippen LogP contribution is -2.29. The molecule has 0 spiro atoms. The van der Waals surface area contributed by atoms with Crippen molar-refractivity contribution >= 4 is 5.91 Å². The lowest BCUT2D eigenvalue weighted by molar-refractivity contribution is 0.0932. The minimum atomic E-state index is -0.205. The lowest BCUT2D eigenvalue weighted by atomic mass is 10.2. The Balaban J connectivity index is 1.86. The van der Waals surface area contributed by atoms with E-state index in [1.54, 1.807) is 18.0 Å². The first-order valence-corrected chi connectivity index (χ1v) is 6.58. The number of rotatable bonds is 6. The molecule has 1 aromatic heterocycles. The van der Waals surface area contributed by atoms with Crippen LogP contribution in [0.3, 0.4) is 0 Å². The average molecular weight is 267 g/mol. The summed E-state index contributed by atoms with van der Waals surface area (Å²) in [6.07, 6.45) is 4.10. The molecule has 1 amide bonds. The van der Waals surface area contributed by atoms with Gasteiger partial charge in [-0.05, 0) is 26.4 Å². The van der Waals surface area contributed by atoms with Gasteiger partial charge in [-0.1, -0.05) is 5.21 Å². The van der Waals surface area contributed by atoms with Crippen LogP contribution in [0.5, 0.6) is 0 Å². The number of likely N-dealkylation sites (tertiary alicyclic amines) is 1. The molecule has 0 saturated carbocycles. The highest BCUT2D eigenvalue weighted by Crippen LogP contribution is 2.15. The summed E-state index contributed by atoms with van der Waals surface area (Å²) in [7, 11) is 3.72. The summed E-state index contributed by atoms with van der Waals surface area (Å²) in [5.74, 6) is -0.205. The van der Waals surface area contributed by atoms with Gasteiger partial charge in [0.25, 0.3) is 5.91 Å². The normalized spacial score (nSPS) is 19.8. The zero-order chi connectivity index (χ0) is 13.7. The van der Waals surface area contributed by atoms with Gasteiger partial charge < -0.3 is 15.0 Å². The molecule has 0 bridgehead atoms. The fraction of sp³-hybridized carbons (Fsp3) is 0.750. The summed E-state index contributed by atoms with van der Waals surface area (Å²) < 4.78 is 6.62. The van der Waals surface area contributed by atoms with Crippen LogP contribution in [-0.4, -0.2) is 65.7 Å². The van der Waals surface area contributed by atoms with Crippen molar-refractivity contribution in [1.82, 2.24) is 25.2 Å². The third kappa shape index (κ3) is 3.74. The lowest BCUT2D eigenvalue weighted by Gasteiger charge is -2.18. The topological polar surface area (TPSA) is 72.3 Å². The van der Waals surface area contributed by atoms with Gasteiger partial charge in [0.1, 0.15) is 0 Å². The van der Waals surface area contributed by atoms with E-state index in [0.29, 0.717) is 24.9 Å². The summed E-state index contributed by atoms with van der Waals surface area (Å²) in [6, 6.07) is 0.492. The molecule has 19 heavy (non-hydrogen) atoms. The molecule has 0 aromatic carbocycles. The van der Waals surface area contributed by atoms with Gasteiger partial charge in [0, 0.05) is 19.7 Å². The molecular formula is C12H21N5O2. The molecule has 7 heteroatoms. The van der Waals surface area contributed by atoms with E-state index in [-0.39, 0.29) is 5.91 Å². The number of nitrogens with zero attached hydrogens (tertiary/aromatic N) is 4. The third-order valence-electron chi connectivity index (χ3n) is 3.43. The Hall–Kier alpha value is -1.47. The second-order valence-electron chi connectivity index (χ2n) is 4.85. The summed E-state index contributed by atoms with van der Waals surface area (Å²) in [6.45, 7) is 2.89. The smallest absolute Gasteiger partial charge is 0.273 e. The van der Waals surface area contributed by atoms with Crippen molar-refractivity contribution in [3.8, 4) is 0 Å². The second-order valence-corrected chi connectivity index (χ2v) is 4.85. The molecule has 1 aliphatic rings. The summed E-state index contributed by atoms with van der Waals surface area (Å²) >= 11 is 0. The van der Waals surface area contributed by atoms with E-state index >= 15 is 0 Å². The molecule has 7 nitrogen and oxygen atoms in total. The van der Waals surface area contributed by atoms with Gasteiger partial charge in [-0.25, -0.2) is 0 Å². The number of methoxy groups -OCH3 is 1. The van der Waals surface area contributed by atoms with Crippen LogP contribution in [-0.2, 0) is 11.3 Å². The Kier molecular flexibility index (Phi) is 4.86. The molecular weight excluding hydrogens is 246 g/mol. The molecule has 1 aliphatic heterocycles. The van der Waals surface area contributed by atoms with E-state index < -0.39 is 0 Å². The molecule has 1 atom stereocenters. The van der Waals surface area contributed by atoms with Crippen molar-refractivity contribution in [3.63, 3.8) is 0 Å². The molecule has 0 aliphatic carbocycles. The first-order chi connectivity index (χ1) is 9.20. The van der Waals surface area contributed by atoms with E-state index in [1.807, 2.05) is 0 Å². The van der Waals surface area contributed by atoms with Gasteiger partial charge in [-0.2, -0.15) is 0 Å². The highest BCUT2D eigenvalue weighted by molar-refractivity contribution is 5.91. The van der Waals surface area contributed by atoms with Gasteiger partial charge in [-0.3, -0.25) is 9.48 Å². The maximum absolute atomic E-state index is 11.7. The molecule has 106 valence electrons. The molecule has 0 radical (unpaired) electrons. The number of hydrogen-bond acceptors (Lipinski definition) is 5. The minimum absolute atomic E-state index is 0.205. The Bertz CT molecular complexity index is 420. The Labute approximate surface area is 112 Å². The van der Waals surface area contributed by atoms with E-state index in [2.05, 4.69) is 27.6 Å². The number of hydrogen-bond donors (Lipinski definition) is 1. The summed E-state index contributed by atoms with van der Waals surface area (Å²) in [5.41, 5.74) is 0.358. The molecule has 1 saturated heterocycles. The van der Waals surface area contributed by atoms with Crippen molar-refractivity contribution in [2.45, 2.75) is 25.4 Å². The highest BCUT2D eigenvalue weighted by Gasteiger charge is 2.22. The number of aromatic nitrogens is 3. The predicted octanol–water partition coefficient (Wildman–Crippen LogP) is -0.251. The number of ether oxygens (including phenoxy) is 1. The molecule has 1 aromatic rings. The van der Waals surface area contributed by atoms with Crippen LogP contribution >= 0.6 is 0 Å². The van der Waals surface area contributed by atoms with Gasteiger partial charge >= 0.3 is 0 Å². The largest absolute Gasteiger partial charge is 0.383 e. The van der Waals surface area contributed by atoms with Crippen molar-refractivity contribution < 1.29 is 9.53 Å². The van der Waals surface area contributed by atoms with Crippen LogP contribution in [0.25, 0.3) is 0 Å². The van der Waals surface area contributed by atoms with Gasteiger partial charge in [-0.15, -0.1) is 5.10 Å².